The first-order valence-corrected chi connectivity index (χ1v) is 6.01. The Morgan fingerprint density at radius 1 is 1.25 bits per heavy atom. The molecule has 0 saturated heterocycles. The van der Waals surface area contributed by atoms with E-state index in [9.17, 15) is 5.11 Å². The van der Waals surface area contributed by atoms with Crippen LogP contribution in [0.25, 0.3) is 0 Å². The van der Waals surface area contributed by atoms with Crippen LogP contribution in [-0.2, 0) is 4.79 Å². The normalized spacial score (nSPS) is 48.4. The van der Waals surface area contributed by atoms with E-state index in [-0.39, 0.29) is 11.1 Å². The number of hydrogen-bond donors (Lipinski definition) is 3. The highest BCUT2D eigenvalue weighted by Crippen LogP contribution is 2.56. The lowest BCUT2D eigenvalue weighted by Crippen LogP contribution is -2.62. The third-order valence-corrected chi connectivity index (χ3v) is 4.08. The monoisotopic (exact) mass is 227 g/mol. The van der Waals surface area contributed by atoms with Crippen molar-refractivity contribution >= 4 is 5.97 Å². The molecule has 0 aromatic rings. The van der Waals surface area contributed by atoms with Gasteiger partial charge in [-0.25, -0.2) is 0 Å². The van der Waals surface area contributed by atoms with Crippen molar-refractivity contribution in [3.63, 3.8) is 0 Å². The molecule has 0 spiro atoms. The summed E-state index contributed by atoms with van der Waals surface area (Å²) in [5.74, 6) is 0.641. The Bertz CT molecular complexity index is 265. The number of nitrogens with two attached hydrogens (primary N) is 1. The third kappa shape index (κ3) is 2.38. The molecule has 4 bridgehead atoms. The van der Waals surface area contributed by atoms with Crippen molar-refractivity contribution in [2.24, 2.45) is 17.6 Å². The molecular weight excluding hydrogens is 206 g/mol. The van der Waals surface area contributed by atoms with Crippen LogP contribution in [0, 0.1) is 11.8 Å². The van der Waals surface area contributed by atoms with E-state index < -0.39 is 5.97 Å². The van der Waals surface area contributed by atoms with Crippen molar-refractivity contribution in [3.8, 4) is 0 Å². The maximum absolute atomic E-state index is 10.2. The van der Waals surface area contributed by atoms with Gasteiger partial charge >= 0.3 is 0 Å². The van der Waals surface area contributed by atoms with Gasteiger partial charge in [0.05, 0.1) is 5.60 Å². The van der Waals surface area contributed by atoms with Crippen molar-refractivity contribution in [1.29, 1.82) is 0 Å². The first kappa shape index (κ1) is 11.9. The van der Waals surface area contributed by atoms with Gasteiger partial charge in [0.2, 0.25) is 0 Å². The highest BCUT2D eigenvalue weighted by atomic mass is 16.4. The van der Waals surface area contributed by atoms with Gasteiger partial charge in [-0.2, -0.15) is 0 Å². The van der Waals surface area contributed by atoms with Crippen molar-refractivity contribution in [3.05, 3.63) is 0 Å². The lowest BCUT2D eigenvalue weighted by Gasteiger charge is -2.58. The van der Waals surface area contributed by atoms with E-state index in [2.05, 4.69) is 0 Å². The SMILES string of the molecule is CC(=O)O.NC12CC3CC(C1)CC(O)(C3)C2. The number of aliphatic carboxylic acids is 1. The minimum absolute atomic E-state index is 0.0127. The minimum atomic E-state index is -0.833. The number of rotatable bonds is 0. The number of aliphatic hydroxyl groups is 1. The topological polar surface area (TPSA) is 83.5 Å². The van der Waals surface area contributed by atoms with Gasteiger partial charge in [0.25, 0.3) is 5.97 Å². The summed E-state index contributed by atoms with van der Waals surface area (Å²) in [7, 11) is 0. The summed E-state index contributed by atoms with van der Waals surface area (Å²) in [6.07, 6.45) is 6.61. The van der Waals surface area contributed by atoms with Gasteiger partial charge in [0.1, 0.15) is 0 Å². The number of carboxylic acid groups (broad SMARTS) is 1. The molecule has 0 amide bonds. The van der Waals surface area contributed by atoms with Gasteiger partial charge < -0.3 is 15.9 Å². The van der Waals surface area contributed by atoms with Gasteiger partial charge in [-0.1, -0.05) is 0 Å². The standard InChI is InChI=1S/C10H17NO.C2H4O2/c11-9-2-7-1-8(3-9)5-10(12,4-7)6-9;1-2(3)4/h7-8,12H,1-6,11H2;1H3,(H,3,4). The fourth-order valence-electron chi connectivity index (χ4n) is 4.28. The summed E-state index contributed by atoms with van der Waals surface area (Å²) < 4.78 is 0. The van der Waals surface area contributed by atoms with Gasteiger partial charge in [-0.05, 0) is 50.4 Å². The molecule has 4 fully saturated rings. The smallest absolute Gasteiger partial charge is 0.300 e. The van der Waals surface area contributed by atoms with Crippen LogP contribution in [0.5, 0.6) is 0 Å². The van der Waals surface area contributed by atoms with Crippen molar-refractivity contribution in [2.45, 2.75) is 56.6 Å². The highest BCUT2D eigenvalue weighted by molar-refractivity contribution is 5.62. The Labute approximate surface area is 95.8 Å². The largest absolute Gasteiger partial charge is 0.481 e. The summed E-state index contributed by atoms with van der Waals surface area (Å²) in [5.41, 5.74) is 5.90. The minimum Gasteiger partial charge on any atom is -0.481 e. The Balaban J connectivity index is 0.000000212. The molecule has 0 aromatic heterocycles. The Hall–Kier alpha value is -0.610. The van der Waals surface area contributed by atoms with E-state index in [0.717, 1.165) is 38.0 Å². The molecule has 4 heteroatoms. The van der Waals surface area contributed by atoms with E-state index in [1.807, 2.05) is 0 Å². The van der Waals surface area contributed by atoms with Crippen LogP contribution in [0.4, 0.5) is 0 Å². The second-order valence-electron chi connectivity index (χ2n) is 6.07. The zero-order chi connectivity index (χ0) is 12.0. The van der Waals surface area contributed by atoms with E-state index in [1.54, 1.807) is 0 Å². The highest BCUT2D eigenvalue weighted by Gasteiger charge is 2.55. The lowest BCUT2D eigenvalue weighted by molar-refractivity contribution is -0.134. The van der Waals surface area contributed by atoms with Gasteiger partial charge in [-0.15, -0.1) is 0 Å². The van der Waals surface area contributed by atoms with E-state index in [4.69, 9.17) is 15.6 Å². The molecule has 0 aromatic carbocycles. The maximum Gasteiger partial charge on any atom is 0.300 e. The van der Waals surface area contributed by atoms with E-state index >= 15 is 0 Å². The fraction of sp³-hybridized carbons (Fsp3) is 0.917. The molecule has 4 nitrogen and oxygen atoms in total. The first-order valence-electron chi connectivity index (χ1n) is 6.01. The van der Waals surface area contributed by atoms with Crippen LogP contribution >= 0.6 is 0 Å². The number of hydrogen-bond acceptors (Lipinski definition) is 3. The second-order valence-corrected chi connectivity index (χ2v) is 6.07. The molecule has 16 heavy (non-hydrogen) atoms. The molecule has 4 aliphatic carbocycles. The van der Waals surface area contributed by atoms with E-state index in [1.165, 1.54) is 19.3 Å². The van der Waals surface area contributed by atoms with Gasteiger partial charge in [-0.3, -0.25) is 4.79 Å². The third-order valence-electron chi connectivity index (χ3n) is 4.08. The second kappa shape index (κ2) is 3.70. The average Bonchev–Trinajstić information content (AvgIpc) is 1.93. The molecule has 2 atom stereocenters. The summed E-state index contributed by atoms with van der Waals surface area (Å²) in [6.45, 7) is 1.08. The Morgan fingerprint density at radius 3 is 2.00 bits per heavy atom. The fourth-order valence-corrected chi connectivity index (χ4v) is 4.28. The van der Waals surface area contributed by atoms with Crippen molar-refractivity contribution in [1.82, 2.24) is 0 Å². The van der Waals surface area contributed by atoms with Gasteiger partial charge in [0.15, 0.2) is 0 Å². The molecule has 4 aliphatic rings. The van der Waals surface area contributed by atoms with Crippen LogP contribution in [0.3, 0.4) is 0 Å². The Morgan fingerprint density at radius 2 is 1.69 bits per heavy atom. The molecule has 0 heterocycles. The quantitative estimate of drug-likeness (QED) is 0.579. The number of carbonyl (C=O) groups is 1. The number of carboxylic acids is 1. The van der Waals surface area contributed by atoms with Crippen LogP contribution < -0.4 is 5.73 Å². The molecule has 4 rings (SSSR count). The van der Waals surface area contributed by atoms with Gasteiger partial charge in [0, 0.05) is 12.5 Å². The predicted molar refractivity (Wildman–Crippen MR) is 59.9 cm³/mol. The molecule has 92 valence electrons. The summed E-state index contributed by atoms with van der Waals surface area (Å²) >= 11 is 0. The molecule has 2 unspecified atom stereocenters. The average molecular weight is 227 g/mol. The molecule has 0 radical (unpaired) electrons. The zero-order valence-corrected chi connectivity index (χ0v) is 9.78. The lowest BCUT2D eigenvalue weighted by atomic mass is 9.51. The summed E-state index contributed by atoms with van der Waals surface area (Å²) in [5, 5.41) is 17.6. The first-order chi connectivity index (χ1) is 7.30. The molecule has 4 N–H and O–H groups in total. The Kier molecular flexibility index (Phi) is 2.75. The van der Waals surface area contributed by atoms with Crippen LogP contribution in [0.2, 0.25) is 0 Å². The predicted octanol–water partition coefficient (Wildman–Crippen LogP) is 1.12. The summed E-state index contributed by atoms with van der Waals surface area (Å²) in [6, 6.07) is 0. The van der Waals surface area contributed by atoms with E-state index in [0.29, 0.717) is 0 Å². The van der Waals surface area contributed by atoms with Crippen molar-refractivity contribution < 1.29 is 15.0 Å². The zero-order valence-electron chi connectivity index (χ0n) is 9.78. The maximum atomic E-state index is 10.2. The van der Waals surface area contributed by atoms with Crippen molar-refractivity contribution in [2.75, 3.05) is 0 Å². The molecular formula is C12H21NO3. The molecule has 4 saturated carbocycles. The summed E-state index contributed by atoms with van der Waals surface area (Å²) in [4.78, 5) is 9.00. The van der Waals surface area contributed by atoms with Crippen LogP contribution in [0.15, 0.2) is 0 Å². The van der Waals surface area contributed by atoms with Crippen LogP contribution in [-0.4, -0.2) is 27.3 Å². The van der Waals surface area contributed by atoms with Crippen LogP contribution in [0.1, 0.15) is 45.4 Å². The molecule has 0 aliphatic heterocycles.